The third kappa shape index (κ3) is 6.54. The summed E-state index contributed by atoms with van der Waals surface area (Å²) in [7, 11) is -2.91. The third-order valence-corrected chi connectivity index (χ3v) is 4.29. The minimum absolute atomic E-state index is 0.0396. The van der Waals surface area contributed by atoms with Crippen LogP contribution in [0.3, 0.4) is 0 Å². The SMILES string of the molecule is C=CC(=O)OOC[Si](OCC)(OCC)OCC. The Balaban J connectivity index is 4.32. The predicted octanol–water partition coefficient (Wildman–Crippen LogP) is 1.23. The lowest BCUT2D eigenvalue weighted by atomic mass is 10.7. The minimum Gasteiger partial charge on any atom is -0.372 e. The Kier molecular flexibility index (Phi) is 8.91. The van der Waals surface area contributed by atoms with E-state index in [1.54, 1.807) is 0 Å². The number of carbonyl (C=O) groups excluding carboxylic acids is 1. The highest BCUT2D eigenvalue weighted by Gasteiger charge is 2.42. The average Bonchev–Trinajstić information content (AvgIpc) is 2.30. The maximum Gasteiger partial charge on any atom is 0.532 e. The van der Waals surface area contributed by atoms with Crippen molar-refractivity contribution in [3.8, 4) is 0 Å². The molecule has 17 heavy (non-hydrogen) atoms. The van der Waals surface area contributed by atoms with E-state index in [1.807, 2.05) is 20.8 Å². The van der Waals surface area contributed by atoms with Crippen molar-refractivity contribution < 1.29 is 27.8 Å². The van der Waals surface area contributed by atoms with Crippen molar-refractivity contribution in [3.63, 3.8) is 0 Å². The molecule has 0 aliphatic rings. The summed E-state index contributed by atoms with van der Waals surface area (Å²) in [4.78, 5) is 20.0. The van der Waals surface area contributed by atoms with Gasteiger partial charge in [-0.3, -0.25) is 4.89 Å². The Labute approximate surface area is 103 Å². The van der Waals surface area contributed by atoms with Gasteiger partial charge < -0.3 is 13.3 Å². The summed E-state index contributed by atoms with van der Waals surface area (Å²) in [6.45, 7) is 10.0. The zero-order chi connectivity index (χ0) is 13.1. The van der Waals surface area contributed by atoms with Gasteiger partial charge in [-0.05, 0) is 20.8 Å². The monoisotopic (exact) mass is 264 g/mol. The van der Waals surface area contributed by atoms with Gasteiger partial charge in [-0.2, -0.15) is 4.89 Å². The molecular formula is C10H20O6Si. The molecule has 0 radical (unpaired) electrons. The van der Waals surface area contributed by atoms with Gasteiger partial charge >= 0.3 is 14.8 Å². The van der Waals surface area contributed by atoms with Crippen LogP contribution in [0.2, 0.25) is 0 Å². The molecule has 0 fully saturated rings. The summed E-state index contributed by atoms with van der Waals surface area (Å²) in [6.07, 6.45) is 0.966. The lowest BCUT2D eigenvalue weighted by Crippen LogP contribution is -2.51. The van der Waals surface area contributed by atoms with Gasteiger partial charge in [0.05, 0.1) is 0 Å². The maximum absolute atomic E-state index is 10.8. The molecule has 0 bridgehead atoms. The van der Waals surface area contributed by atoms with Crippen LogP contribution in [0.4, 0.5) is 0 Å². The molecule has 0 spiro atoms. The van der Waals surface area contributed by atoms with Gasteiger partial charge in [0.25, 0.3) is 0 Å². The third-order valence-electron chi connectivity index (χ3n) is 1.64. The standard InChI is InChI=1S/C10H20O6Si/c1-5-10(11)16-12-9-17(13-6-2,14-7-3)15-8-4/h5H,1,6-9H2,2-4H3. The minimum atomic E-state index is -2.91. The van der Waals surface area contributed by atoms with E-state index < -0.39 is 14.8 Å². The lowest BCUT2D eigenvalue weighted by Gasteiger charge is -2.27. The molecule has 0 saturated heterocycles. The van der Waals surface area contributed by atoms with Crippen molar-refractivity contribution in [3.05, 3.63) is 12.7 Å². The van der Waals surface area contributed by atoms with Crippen molar-refractivity contribution in [2.75, 3.05) is 26.1 Å². The zero-order valence-corrected chi connectivity index (χ0v) is 11.6. The molecular weight excluding hydrogens is 244 g/mol. The largest absolute Gasteiger partial charge is 0.532 e. The first-order valence-electron chi connectivity index (χ1n) is 5.51. The van der Waals surface area contributed by atoms with Crippen molar-refractivity contribution in [1.82, 2.24) is 0 Å². The average molecular weight is 264 g/mol. The molecule has 0 unspecified atom stereocenters. The summed E-state index contributed by atoms with van der Waals surface area (Å²) < 4.78 is 16.4. The first kappa shape index (κ1) is 16.3. The Morgan fingerprint density at radius 3 is 1.94 bits per heavy atom. The molecule has 0 rings (SSSR count). The molecule has 0 heterocycles. The van der Waals surface area contributed by atoms with Crippen LogP contribution in [0.1, 0.15) is 20.8 Å². The van der Waals surface area contributed by atoms with Crippen LogP contribution in [0.15, 0.2) is 12.7 Å². The number of rotatable bonds is 10. The molecule has 100 valence electrons. The molecule has 0 aliphatic heterocycles. The maximum atomic E-state index is 10.8. The highest BCUT2D eigenvalue weighted by Crippen LogP contribution is 2.11. The van der Waals surface area contributed by atoms with Crippen LogP contribution in [0.25, 0.3) is 0 Å². The summed E-state index contributed by atoms with van der Waals surface area (Å²) in [5, 5.41) is 0. The number of hydrogen-bond donors (Lipinski definition) is 0. The Morgan fingerprint density at radius 1 is 1.12 bits per heavy atom. The Morgan fingerprint density at radius 2 is 1.59 bits per heavy atom. The zero-order valence-electron chi connectivity index (χ0n) is 10.6. The summed E-state index contributed by atoms with van der Waals surface area (Å²) in [5.41, 5.74) is 0. The summed E-state index contributed by atoms with van der Waals surface area (Å²) >= 11 is 0. The van der Waals surface area contributed by atoms with Crippen LogP contribution in [0, 0.1) is 0 Å². The smallest absolute Gasteiger partial charge is 0.372 e. The fourth-order valence-corrected chi connectivity index (χ4v) is 3.13. The van der Waals surface area contributed by atoms with E-state index in [-0.39, 0.29) is 6.23 Å². The fraction of sp³-hybridized carbons (Fsp3) is 0.700. The molecule has 0 aromatic carbocycles. The van der Waals surface area contributed by atoms with Gasteiger partial charge in [0.15, 0.2) is 6.23 Å². The van der Waals surface area contributed by atoms with Crippen LogP contribution in [-0.2, 0) is 27.8 Å². The van der Waals surface area contributed by atoms with E-state index in [2.05, 4.69) is 11.5 Å². The van der Waals surface area contributed by atoms with Gasteiger partial charge in [-0.15, -0.1) is 0 Å². The topological polar surface area (TPSA) is 63.2 Å². The van der Waals surface area contributed by atoms with Gasteiger partial charge in [0.1, 0.15) is 0 Å². The van der Waals surface area contributed by atoms with Gasteiger partial charge in [0.2, 0.25) is 0 Å². The first-order valence-corrected chi connectivity index (χ1v) is 7.45. The molecule has 0 saturated carbocycles. The molecule has 0 aromatic heterocycles. The van der Waals surface area contributed by atoms with Gasteiger partial charge in [0, 0.05) is 25.9 Å². The Bertz CT molecular complexity index is 216. The van der Waals surface area contributed by atoms with E-state index in [4.69, 9.17) is 18.2 Å². The Hall–Kier alpha value is -0.733. The quantitative estimate of drug-likeness (QED) is 0.256. The van der Waals surface area contributed by atoms with Gasteiger partial charge in [-0.25, -0.2) is 4.79 Å². The lowest BCUT2D eigenvalue weighted by molar-refractivity contribution is -0.263. The van der Waals surface area contributed by atoms with Crippen LogP contribution < -0.4 is 0 Å². The van der Waals surface area contributed by atoms with Crippen molar-refractivity contribution in [1.29, 1.82) is 0 Å². The molecule has 0 atom stereocenters. The molecule has 0 aliphatic carbocycles. The second-order valence-corrected chi connectivity index (χ2v) is 5.37. The van der Waals surface area contributed by atoms with Crippen molar-refractivity contribution in [2.45, 2.75) is 20.8 Å². The highest BCUT2D eigenvalue weighted by molar-refractivity contribution is 6.60. The van der Waals surface area contributed by atoms with E-state index in [9.17, 15) is 4.79 Å². The van der Waals surface area contributed by atoms with Crippen LogP contribution >= 0.6 is 0 Å². The number of hydrogen-bond acceptors (Lipinski definition) is 6. The van der Waals surface area contributed by atoms with E-state index in [0.717, 1.165) is 6.08 Å². The summed E-state index contributed by atoms with van der Waals surface area (Å²) in [6, 6.07) is 0. The van der Waals surface area contributed by atoms with Crippen LogP contribution in [0.5, 0.6) is 0 Å². The van der Waals surface area contributed by atoms with E-state index in [0.29, 0.717) is 19.8 Å². The van der Waals surface area contributed by atoms with E-state index in [1.165, 1.54) is 0 Å². The molecule has 0 amide bonds. The highest BCUT2D eigenvalue weighted by atomic mass is 28.4. The van der Waals surface area contributed by atoms with Gasteiger partial charge in [-0.1, -0.05) is 6.58 Å². The second kappa shape index (κ2) is 9.31. The second-order valence-electron chi connectivity index (χ2n) is 2.85. The summed E-state index contributed by atoms with van der Waals surface area (Å²) in [5.74, 6) is -0.669. The van der Waals surface area contributed by atoms with Crippen LogP contribution in [-0.4, -0.2) is 40.8 Å². The fourth-order valence-electron chi connectivity index (χ4n) is 1.10. The molecule has 0 aromatic rings. The molecule has 6 nitrogen and oxygen atoms in total. The van der Waals surface area contributed by atoms with Crippen molar-refractivity contribution in [2.24, 2.45) is 0 Å². The van der Waals surface area contributed by atoms with E-state index >= 15 is 0 Å². The number of carbonyl (C=O) groups is 1. The first-order chi connectivity index (χ1) is 8.14. The molecule has 7 heteroatoms. The normalized spacial score (nSPS) is 11.2. The predicted molar refractivity (Wildman–Crippen MR) is 62.9 cm³/mol. The molecule has 0 N–H and O–H groups in total. The van der Waals surface area contributed by atoms with Crippen molar-refractivity contribution >= 4 is 14.8 Å².